The van der Waals surface area contributed by atoms with Gasteiger partial charge in [-0.25, -0.2) is 8.42 Å². The Morgan fingerprint density at radius 1 is 0.806 bits per heavy atom. The lowest BCUT2D eigenvalue weighted by Crippen LogP contribution is -2.54. The Labute approximate surface area is 192 Å². The number of Topliss-reactive ketones (excluding diaryl/α,β-unsaturated/α-hetero) is 1. The summed E-state index contributed by atoms with van der Waals surface area (Å²) >= 11 is 0. The van der Waals surface area contributed by atoms with Gasteiger partial charge in [0.25, 0.3) is 0 Å². The van der Waals surface area contributed by atoms with Crippen molar-refractivity contribution < 1.29 is 22.2 Å². The smallest absolute Gasteiger partial charge is 0.140 e. The highest BCUT2D eigenvalue weighted by atomic mass is 32.2. The van der Waals surface area contributed by atoms with E-state index in [9.17, 15) is 17.8 Å². The second-order valence-electron chi connectivity index (χ2n) is 9.75. The van der Waals surface area contributed by atoms with Crippen LogP contribution in [-0.2, 0) is 14.9 Å². The Bertz CT molecular complexity index is 550. The van der Waals surface area contributed by atoms with Crippen LogP contribution in [0, 0.1) is 0 Å². The zero-order valence-electron chi connectivity index (χ0n) is 20.6. The first kappa shape index (κ1) is 30.5. The number of carbonyl (C=O) groups excluding carboxylic acids is 1. The van der Waals surface area contributed by atoms with Crippen molar-refractivity contribution in [3.05, 3.63) is 0 Å². The Balaban J connectivity index is 3.62. The average molecular weight is 463 g/mol. The molecule has 0 aromatic carbocycles. The molecule has 31 heavy (non-hydrogen) atoms. The van der Waals surface area contributed by atoms with E-state index in [1.54, 1.807) is 0 Å². The first-order valence-electron chi connectivity index (χ1n) is 12.6. The van der Waals surface area contributed by atoms with Crippen molar-refractivity contribution >= 4 is 15.9 Å². The molecular formula is C24H50N2O4S. The summed E-state index contributed by atoms with van der Waals surface area (Å²) in [4.78, 5) is 12.1. The van der Waals surface area contributed by atoms with Crippen molar-refractivity contribution in [2.75, 3.05) is 26.4 Å². The minimum Gasteiger partial charge on any atom is -0.748 e. The van der Waals surface area contributed by atoms with Gasteiger partial charge in [0, 0.05) is 31.4 Å². The fraction of sp³-hybridized carbons (Fsp3) is 0.958. The van der Waals surface area contributed by atoms with Gasteiger partial charge in [-0.3, -0.25) is 10.5 Å². The van der Waals surface area contributed by atoms with Crippen LogP contribution in [0.1, 0.15) is 116 Å². The first-order valence-corrected chi connectivity index (χ1v) is 14.2. The van der Waals surface area contributed by atoms with E-state index < -0.39 is 10.1 Å². The number of carbonyl (C=O) groups is 1. The second-order valence-corrected chi connectivity index (χ2v) is 11.3. The third kappa shape index (κ3) is 19.9. The molecule has 0 saturated carbocycles. The molecule has 1 unspecified atom stereocenters. The van der Waals surface area contributed by atoms with E-state index >= 15 is 0 Å². The Morgan fingerprint density at radius 3 is 1.71 bits per heavy atom. The largest absolute Gasteiger partial charge is 0.748 e. The summed E-state index contributed by atoms with van der Waals surface area (Å²) in [5, 5.41) is 0. The van der Waals surface area contributed by atoms with Crippen LogP contribution in [0.5, 0.6) is 0 Å². The zero-order valence-corrected chi connectivity index (χ0v) is 21.4. The van der Waals surface area contributed by atoms with Crippen LogP contribution in [0.2, 0.25) is 0 Å². The van der Waals surface area contributed by atoms with Crippen LogP contribution < -0.4 is 5.73 Å². The fourth-order valence-corrected chi connectivity index (χ4v) is 4.42. The maximum Gasteiger partial charge on any atom is 0.140 e. The number of quaternary nitrogens is 1. The van der Waals surface area contributed by atoms with Gasteiger partial charge in [0.1, 0.15) is 11.9 Å². The van der Waals surface area contributed by atoms with Crippen molar-refractivity contribution in [1.82, 2.24) is 0 Å². The van der Waals surface area contributed by atoms with Gasteiger partial charge in [0.05, 0.1) is 30.8 Å². The van der Waals surface area contributed by atoms with Gasteiger partial charge in [0.2, 0.25) is 0 Å². The molecule has 0 aliphatic heterocycles. The van der Waals surface area contributed by atoms with Gasteiger partial charge in [-0.15, -0.1) is 0 Å². The molecular weight excluding hydrogens is 412 g/mol. The molecule has 0 aliphatic carbocycles. The molecule has 0 aromatic heterocycles. The van der Waals surface area contributed by atoms with E-state index in [0.29, 0.717) is 36.7 Å². The van der Waals surface area contributed by atoms with Gasteiger partial charge in [0.15, 0.2) is 0 Å². The number of hydrogen-bond acceptors (Lipinski definition) is 5. The van der Waals surface area contributed by atoms with Gasteiger partial charge in [-0.1, -0.05) is 84.0 Å². The average Bonchev–Trinajstić information content (AvgIpc) is 2.68. The number of nitrogens with two attached hydrogens (primary N) is 1. The van der Waals surface area contributed by atoms with E-state index in [4.69, 9.17) is 5.73 Å². The van der Waals surface area contributed by atoms with Crippen LogP contribution in [0.4, 0.5) is 0 Å². The van der Waals surface area contributed by atoms with Gasteiger partial charge in [-0.2, -0.15) is 0 Å². The number of ketones is 1. The SMILES string of the molecule is CCCCCCCCCCCCCCCC(=O)CCC(N)[N+](C)(C)CCCS(=O)(=O)[O-]. The third-order valence-corrected chi connectivity index (χ3v) is 7.09. The van der Waals surface area contributed by atoms with Crippen LogP contribution >= 0.6 is 0 Å². The van der Waals surface area contributed by atoms with Gasteiger partial charge >= 0.3 is 0 Å². The number of rotatable bonds is 22. The van der Waals surface area contributed by atoms with E-state index in [-0.39, 0.29) is 17.7 Å². The molecule has 1 atom stereocenters. The molecule has 7 heteroatoms. The highest BCUT2D eigenvalue weighted by Crippen LogP contribution is 2.14. The second kappa shape index (κ2) is 18.0. The molecule has 0 spiro atoms. The van der Waals surface area contributed by atoms with Crippen LogP contribution in [0.3, 0.4) is 0 Å². The number of hydrogen-bond donors (Lipinski definition) is 1. The minimum atomic E-state index is -4.18. The normalized spacial score (nSPS) is 13.5. The van der Waals surface area contributed by atoms with E-state index in [2.05, 4.69) is 6.92 Å². The highest BCUT2D eigenvalue weighted by Gasteiger charge is 2.24. The minimum absolute atomic E-state index is 0.232. The van der Waals surface area contributed by atoms with Crippen molar-refractivity contribution in [1.29, 1.82) is 0 Å². The van der Waals surface area contributed by atoms with Crippen molar-refractivity contribution in [3.8, 4) is 0 Å². The van der Waals surface area contributed by atoms with Crippen molar-refractivity contribution in [3.63, 3.8) is 0 Å². The third-order valence-electron chi connectivity index (χ3n) is 6.30. The Morgan fingerprint density at radius 2 is 1.26 bits per heavy atom. The molecule has 0 bridgehead atoms. The van der Waals surface area contributed by atoms with E-state index in [1.165, 1.54) is 70.6 Å². The lowest BCUT2D eigenvalue weighted by molar-refractivity contribution is -0.915. The van der Waals surface area contributed by atoms with Crippen molar-refractivity contribution in [2.24, 2.45) is 5.73 Å². The monoisotopic (exact) mass is 462 g/mol. The molecule has 0 rings (SSSR count). The number of nitrogens with zero attached hydrogens (tertiary/aromatic N) is 1. The number of unbranched alkanes of at least 4 members (excludes halogenated alkanes) is 12. The molecule has 0 fully saturated rings. The van der Waals surface area contributed by atoms with Crippen LogP contribution in [0.15, 0.2) is 0 Å². The van der Waals surface area contributed by atoms with Gasteiger partial charge < -0.3 is 9.04 Å². The summed E-state index contributed by atoms with van der Waals surface area (Å²) in [5.74, 6) is -0.0972. The zero-order chi connectivity index (χ0) is 23.6. The molecule has 186 valence electrons. The predicted molar refractivity (Wildman–Crippen MR) is 129 cm³/mol. The van der Waals surface area contributed by atoms with Crippen LogP contribution in [-0.4, -0.2) is 55.8 Å². The van der Waals surface area contributed by atoms with E-state index in [0.717, 1.165) is 12.8 Å². The Hall–Kier alpha value is -0.500. The quantitative estimate of drug-likeness (QED) is 0.104. The maximum atomic E-state index is 12.1. The standard InChI is InChI=1S/C24H50N2O4S/c1-4-5-6-7-8-9-10-11-12-13-14-15-16-18-23(27)19-20-24(25)26(2,3)21-17-22-31(28,29)30/h24H,4-22,25H2,1-3H3. The summed E-state index contributed by atoms with van der Waals surface area (Å²) < 4.78 is 32.6. The van der Waals surface area contributed by atoms with Gasteiger partial charge in [-0.05, 0) is 6.42 Å². The van der Waals surface area contributed by atoms with E-state index in [1.807, 2.05) is 14.1 Å². The summed E-state index contributed by atoms with van der Waals surface area (Å²) in [6.45, 7) is 2.77. The lowest BCUT2D eigenvalue weighted by atomic mass is 10.0. The lowest BCUT2D eigenvalue weighted by Gasteiger charge is -2.36. The summed E-state index contributed by atoms with van der Waals surface area (Å²) in [5.41, 5.74) is 6.22. The molecule has 0 radical (unpaired) electrons. The van der Waals surface area contributed by atoms with Crippen LogP contribution in [0.25, 0.3) is 0 Å². The fourth-order valence-electron chi connectivity index (χ4n) is 3.94. The molecule has 0 heterocycles. The molecule has 2 N–H and O–H groups in total. The molecule has 6 nitrogen and oxygen atoms in total. The topological polar surface area (TPSA) is 100 Å². The maximum absolute atomic E-state index is 12.1. The molecule has 0 aromatic rings. The summed E-state index contributed by atoms with van der Waals surface area (Å²) in [7, 11) is -0.349. The highest BCUT2D eigenvalue weighted by molar-refractivity contribution is 7.85. The molecule has 0 saturated heterocycles. The first-order chi connectivity index (χ1) is 14.6. The predicted octanol–water partition coefficient (Wildman–Crippen LogP) is 5.11. The summed E-state index contributed by atoms with van der Waals surface area (Å²) in [6.07, 6.45) is 18.6. The Kier molecular flexibility index (Phi) is 17.7. The van der Waals surface area contributed by atoms with Crippen molar-refractivity contribution in [2.45, 2.75) is 122 Å². The summed E-state index contributed by atoms with van der Waals surface area (Å²) in [6, 6.07) is 0. The molecule has 0 aliphatic rings. The molecule has 0 amide bonds.